The van der Waals surface area contributed by atoms with Crippen LogP contribution in [0.15, 0.2) is 5.38 Å². The Morgan fingerprint density at radius 1 is 1.59 bits per heavy atom. The first-order valence-corrected chi connectivity index (χ1v) is 5.83. The Bertz CT molecular complexity index is 427. The van der Waals surface area contributed by atoms with Gasteiger partial charge in [-0.05, 0) is 12.8 Å². The van der Waals surface area contributed by atoms with Gasteiger partial charge in [0.25, 0.3) is 5.91 Å². The van der Waals surface area contributed by atoms with E-state index >= 15 is 0 Å². The quantitative estimate of drug-likeness (QED) is 0.908. The third-order valence-electron chi connectivity index (χ3n) is 2.34. The van der Waals surface area contributed by atoms with Gasteiger partial charge in [0.2, 0.25) is 0 Å². The lowest BCUT2D eigenvalue weighted by molar-refractivity contribution is -0.141. The van der Waals surface area contributed by atoms with E-state index in [1.807, 2.05) is 0 Å². The predicted octanol–water partition coefficient (Wildman–Crippen LogP) is 1.89. The minimum Gasteiger partial charge on any atom is -0.375 e. The van der Waals surface area contributed by atoms with Gasteiger partial charge in [0.15, 0.2) is 5.13 Å². The predicted molar refractivity (Wildman–Crippen MR) is 56.6 cm³/mol. The van der Waals surface area contributed by atoms with E-state index in [-0.39, 0.29) is 16.9 Å². The molecule has 17 heavy (non-hydrogen) atoms. The van der Waals surface area contributed by atoms with Crippen LogP contribution in [0.2, 0.25) is 0 Å². The number of nitrogen functional groups attached to an aromatic ring is 1. The van der Waals surface area contributed by atoms with Crippen molar-refractivity contribution in [3.8, 4) is 0 Å². The molecular formula is C9H10F3N3OS. The van der Waals surface area contributed by atoms with Crippen LogP contribution in [-0.4, -0.2) is 34.6 Å². The number of nitrogens with two attached hydrogens (primary N) is 1. The molecule has 1 amide bonds. The van der Waals surface area contributed by atoms with Gasteiger partial charge in [-0.25, -0.2) is 4.98 Å². The molecule has 1 aromatic heterocycles. The minimum atomic E-state index is -4.39. The zero-order chi connectivity index (χ0) is 12.6. The lowest BCUT2D eigenvalue weighted by Gasteiger charge is -2.22. The van der Waals surface area contributed by atoms with Gasteiger partial charge in [0.05, 0.1) is 0 Å². The largest absolute Gasteiger partial charge is 0.406 e. The number of amides is 1. The van der Waals surface area contributed by atoms with E-state index < -0.39 is 18.6 Å². The van der Waals surface area contributed by atoms with E-state index in [0.29, 0.717) is 12.8 Å². The molecule has 8 heteroatoms. The van der Waals surface area contributed by atoms with Crippen LogP contribution in [0.4, 0.5) is 18.3 Å². The van der Waals surface area contributed by atoms with E-state index in [1.165, 1.54) is 5.38 Å². The van der Waals surface area contributed by atoms with Crippen LogP contribution >= 0.6 is 11.3 Å². The summed E-state index contributed by atoms with van der Waals surface area (Å²) in [5, 5.41) is 1.56. The summed E-state index contributed by atoms with van der Waals surface area (Å²) in [4.78, 5) is 16.4. The number of carbonyl (C=O) groups is 1. The molecule has 1 aromatic rings. The van der Waals surface area contributed by atoms with E-state index in [4.69, 9.17) is 5.73 Å². The molecule has 0 saturated heterocycles. The number of nitrogens with zero attached hydrogens (tertiary/aromatic N) is 2. The van der Waals surface area contributed by atoms with Gasteiger partial charge in [0, 0.05) is 11.4 Å². The molecule has 2 N–H and O–H groups in total. The van der Waals surface area contributed by atoms with Crippen LogP contribution < -0.4 is 5.73 Å². The second-order valence-corrected chi connectivity index (χ2v) is 4.74. The summed E-state index contributed by atoms with van der Waals surface area (Å²) < 4.78 is 37.0. The molecule has 2 rings (SSSR count). The summed E-state index contributed by atoms with van der Waals surface area (Å²) in [6, 6.07) is -0.313. The van der Waals surface area contributed by atoms with Crippen molar-refractivity contribution in [2.45, 2.75) is 25.1 Å². The van der Waals surface area contributed by atoms with Crippen molar-refractivity contribution in [1.82, 2.24) is 9.88 Å². The lowest BCUT2D eigenvalue weighted by Crippen LogP contribution is -2.40. The molecule has 0 unspecified atom stereocenters. The fourth-order valence-corrected chi connectivity index (χ4v) is 2.02. The number of carbonyl (C=O) groups excluding carboxylic acids is 1. The number of halogens is 3. The highest BCUT2D eigenvalue weighted by Gasteiger charge is 2.41. The third kappa shape index (κ3) is 3.09. The summed E-state index contributed by atoms with van der Waals surface area (Å²) in [6.45, 7) is -1.23. The first-order chi connectivity index (χ1) is 7.87. The van der Waals surface area contributed by atoms with Crippen molar-refractivity contribution in [2.75, 3.05) is 12.3 Å². The monoisotopic (exact) mass is 265 g/mol. The van der Waals surface area contributed by atoms with Gasteiger partial charge in [-0.3, -0.25) is 4.79 Å². The molecule has 4 nitrogen and oxygen atoms in total. The summed E-state index contributed by atoms with van der Waals surface area (Å²) in [5.74, 6) is -0.697. The second kappa shape index (κ2) is 4.17. The van der Waals surface area contributed by atoms with Crippen LogP contribution in [0.3, 0.4) is 0 Å². The number of rotatable bonds is 3. The van der Waals surface area contributed by atoms with Crippen LogP contribution in [0.5, 0.6) is 0 Å². The topological polar surface area (TPSA) is 59.2 Å². The molecular weight excluding hydrogens is 255 g/mol. The Kier molecular flexibility index (Phi) is 2.98. The van der Waals surface area contributed by atoms with Gasteiger partial charge >= 0.3 is 6.18 Å². The van der Waals surface area contributed by atoms with Gasteiger partial charge in [-0.1, -0.05) is 0 Å². The highest BCUT2D eigenvalue weighted by Crippen LogP contribution is 2.31. The molecule has 94 valence electrons. The molecule has 1 aliphatic rings. The zero-order valence-electron chi connectivity index (χ0n) is 8.70. The maximum Gasteiger partial charge on any atom is 0.406 e. The average molecular weight is 265 g/mol. The van der Waals surface area contributed by atoms with Crippen LogP contribution in [0.25, 0.3) is 0 Å². The van der Waals surface area contributed by atoms with Crippen molar-refractivity contribution in [1.29, 1.82) is 0 Å². The van der Waals surface area contributed by atoms with E-state index in [9.17, 15) is 18.0 Å². The first kappa shape index (κ1) is 12.2. The van der Waals surface area contributed by atoms with Gasteiger partial charge in [0.1, 0.15) is 12.2 Å². The molecule has 0 bridgehead atoms. The fourth-order valence-electron chi connectivity index (χ4n) is 1.48. The van der Waals surface area contributed by atoms with Crippen molar-refractivity contribution >= 4 is 22.4 Å². The number of aromatic nitrogens is 1. The number of hydrogen-bond acceptors (Lipinski definition) is 4. The molecule has 0 atom stereocenters. The second-order valence-electron chi connectivity index (χ2n) is 3.85. The average Bonchev–Trinajstić information content (AvgIpc) is 2.96. The zero-order valence-corrected chi connectivity index (χ0v) is 9.51. The van der Waals surface area contributed by atoms with Crippen molar-refractivity contribution in [2.24, 2.45) is 0 Å². The number of anilines is 1. The normalized spacial score (nSPS) is 15.9. The highest BCUT2D eigenvalue weighted by molar-refractivity contribution is 7.13. The molecule has 1 saturated carbocycles. The molecule has 0 aliphatic heterocycles. The number of alkyl halides is 3. The summed E-state index contributed by atoms with van der Waals surface area (Å²) in [6.07, 6.45) is -3.16. The smallest absolute Gasteiger partial charge is 0.375 e. The summed E-state index contributed by atoms with van der Waals surface area (Å²) in [7, 11) is 0. The number of thiazole rings is 1. The van der Waals surface area contributed by atoms with Crippen molar-refractivity contribution in [3.05, 3.63) is 11.1 Å². The Morgan fingerprint density at radius 3 is 2.65 bits per heavy atom. The Hall–Kier alpha value is -1.31. The van der Waals surface area contributed by atoms with E-state index in [1.54, 1.807) is 0 Å². The van der Waals surface area contributed by atoms with Gasteiger partial charge in [-0.2, -0.15) is 13.2 Å². The van der Waals surface area contributed by atoms with Crippen molar-refractivity contribution in [3.63, 3.8) is 0 Å². The van der Waals surface area contributed by atoms with Crippen molar-refractivity contribution < 1.29 is 18.0 Å². The Morgan fingerprint density at radius 2 is 2.24 bits per heavy atom. The Balaban J connectivity index is 2.13. The standard InChI is InChI=1S/C9H10F3N3OS/c10-9(11,12)4-15(5-1-2-5)7(16)6-3-17-8(13)14-6/h3,5H,1-2,4H2,(H2,13,14). The lowest BCUT2D eigenvalue weighted by atomic mass is 10.3. The maximum atomic E-state index is 12.3. The molecule has 1 heterocycles. The molecule has 0 spiro atoms. The molecule has 1 fully saturated rings. The molecule has 1 aliphatic carbocycles. The molecule has 0 radical (unpaired) electrons. The molecule has 0 aromatic carbocycles. The van der Waals surface area contributed by atoms with Gasteiger partial charge < -0.3 is 10.6 Å². The minimum absolute atomic E-state index is 0.0105. The van der Waals surface area contributed by atoms with E-state index in [2.05, 4.69) is 4.98 Å². The third-order valence-corrected chi connectivity index (χ3v) is 3.01. The van der Waals surface area contributed by atoms with Gasteiger partial charge in [-0.15, -0.1) is 11.3 Å². The summed E-state index contributed by atoms with van der Waals surface area (Å²) in [5.41, 5.74) is 5.34. The van der Waals surface area contributed by atoms with Crippen LogP contribution in [0.1, 0.15) is 23.3 Å². The summed E-state index contributed by atoms with van der Waals surface area (Å²) >= 11 is 1.04. The Labute approximate surface area is 99.2 Å². The van der Waals surface area contributed by atoms with Crippen LogP contribution in [0, 0.1) is 0 Å². The van der Waals surface area contributed by atoms with E-state index in [0.717, 1.165) is 16.2 Å². The SMILES string of the molecule is Nc1nc(C(=O)N(CC(F)(F)F)C2CC2)cs1. The van der Waals surface area contributed by atoms with Crippen LogP contribution in [-0.2, 0) is 0 Å². The maximum absolute atomic E-state index is 12.3. The number of hydrogen-bond donors (Lipinski definition) is 1. The first-order valence-electron chi connectivity index (χ1n) is 4.95. The highest BCUT2D eigenvalue weighted by atomic mass is 32.1. The fraction of sp³-hybridized carbons (Fsp3) is 0.556.